The van der Waals surface area contributed by atoms with Gasteiger partial charge in [-0.2, -0.15) is 0 Å². The summed E-state index contributed by atoms with van der Waals surface area (Å²) < 4.78 is 13.7. The molecule has 0 spiro atoms. The standard InChI is InChI=1S/C21H27N6O4/c22-27(29)21-9-13-7-14(10-21)19(15(8-13)11-21)31-20(28)25-5-3-16(12-25)30-18-2-1-17-23-4-6-26(17)24-18/h1-2,4,6,13-16,19H,3,5,7-12,22H2/q-1/t13?,14?,15?,16-,19?,21?/m1/s1. The number of ether oxygens (including phenoxy) is 2. The SMILES string of the molecule is NN([O-])C12CC3CC(C1)C(OC(=O)N1CC[C@@H](Oc4ccc5nccn5n4)C1)C(C3)C2. The largest absolute Gasteiger partial charge is 0.771 e. The molecule has 4 saturated carbocycles. The number of hydrogen-bond donors (Lipinski definition) is 1. The van der Waals surface area contributed by atoms with E-state index in [-0.39, 0.29) is 30.1 Å². The Hall–Kier alpha value is -2.43. The summed E-state index contributed by atoms with van der Waals surface area (Å²) in [4.78, 5) is 18.8. The molecule has 5 fully saturated rings. The van der Waals surface area contributed by atoms with E-state index < -0.39 is 5.54 Å². The highest BCUT2D eigenvalue weighted by atomic mass is 16.6. The maximum Gasteiger partial charge on any atom is 0.410 e. The van der Waals surface area contributed by atoms with Crippen molar-refractivity contribution in [2.45, 2.75) is 56.3 Å². The van der Waals surface area contributed by atoms with Crippen molar-refractivity contribution in [1.82, 2.24) is 24.7 Å². The van der Waals surface area contributed by atoms with Gasteiger partial charge in [0.05, 0.1) is 6.54 Å². The molecule has 3 atom stereocenters. The van der Waals surface area contributed by atoms with E-state index in [1.165, 1.54) is 0 Å². The van der Waals surface area contributed by atoms with Gasteiger partial charge in [0, 0.05) is 37.0 Å². The van der Waals surface area contributed by atoms with Gasteiger partial charge in [0.25, 0.3) is 0 Å². The van der Waals surface area contributed by atoms with Crippen LogP contribution < -0.4 is 10.6 Å². The minimum Gasteiger partial charge on any atom is -0.771 e. The second kappa shape index (κ2) is 7.04. The highest BCUT2D eigenvalue weighted by Gasteiger charge is 2.57. The minimum absolute atomic E-state index is 0.109. The molecule has 0 radical (unpaired) electrons. The minimum atomic E-state index is -0.449. The zero-order valence-corrected chi connectivity index (χ0v) is 17.3. The van der Waals surface area contributed by atoms with E-state index in [1.807, 2.05) is 6.07 Å². The number of hydroxylamine groups is 1. The number of nitrogens with two attached hydrogens (primary N) is 1. The highest BCUT2D eigenvalue weighted by molar-refractivity contribution is 5.68. The van der Waals surface area contributed by atoms with Crippen LogP contribution in [0.3, 0.4) is 0 Å². The summed E-state index contributed by atoms with van der Waals surface area (Å²) in [6.45, 7) is 1.08. The number of rotatable bonds is 4. The summed E-state index contributed by atoms with van der Waals surface area (Å²) in [5.74, 6) is 7.18. The molecule has 2 aromatic heterocycles. The molecule has 1 saturated heterocycles. The number of aromatic nitrogens is 3. The first kappa shape index (κ1) is 19.3. The summed E-state index contributed by atoms with van der Waals surface area (Å²) in [5, 5.41) is 17.1. The van der Waals surface area contributed by atoms with Crippen LogP contribution in [0.5, 0.6) is 5.88 Å². The Kier molecular flexibility index (Phi) is 4.38. The van der Waals surface area contributed by atoms with Gasteiger partial charge >= 0.3 is 6.09 Å². The van der Waals surface area contributed by atoms with Crippen LogP contribution in [0.4, 0.5) is 4.79 Å². The summed E-state index contributed by atoms with van der Waals surface area (Å²) >= 11 is 0. The van der Waals surface area contributed by atoms with Gasteiger partial charge in [0.15, 0.2) is 5.65 Å². The van der Waals surface area contributed by atoms with Gasteiger partial charge in [-0.05, 0) is 55.9 Å². The molecule has 7 rings (SSSR count). The Balaban J connectivity index is 1.07. The van der Waals surface area contributed by atoms with E-state index in [4.69, 9.17) is 15.3 Å². The van der Waals surface area contributed by atoms with E-state index in [0.717, 1.165) is 44.2 Å². The monoisotopic (exact) mass is 427 g/mol. The van der Waals surface area contributed by atoms with Crippen molar-refractivity contribution in [3.63, 3.8) is 0 Å². The molecule has 2 aromatic rings. The van der Waals surface area contributed by atoms with Gasteiger partial charge in [0.2, 0.25) is 5.88 Å². The second-order valence-corrected chi connectivity index (χ2v) is 9.74. The lowest BCUT2D eigenvalue weighted by Gasteiger charge is -2.63. The predicted octanol–water partition coefficient (Wildman–Crippen LogP) is 1.94. The number of fused-ring (bicyclic) bond motifs is 1. The van der Waals surface area contributed by atoms with Crippen LogP contribution in [0.2, 0.25) is 0 Å². The van der Waals surface area contributed by atoms with Crippen LogP contribution >= 0.6 is 0 Å². The molecule has 166 valence electrons. The number of hydrogen-bond acceptors (Lipinski definition) is 8. The Morgan fingerprint density at radius 2 is 2.06 bits per heavy atom. The highest BCUT2D eigenvalue weighted by Crippen LogP contribution is 2.58. The van der Waals surface area contributed by atoms with Crippen LogP contribution in [0.15, 0.2) is 24.5 Å². The van der Waals surface area contributed by atoms with Crippen LogP contribution in [-0.2, 0) is 4.74 Å². The average molecular weight is 427 g/mol. The number of carbonyl (C=O) groups is 1. The fourth-order valence-corrected chi connectivity index (χ4v) is 6.61. The lowest BCUT2D eigenvalue weighted by atomic mass is 9.52. The van der Waals surface area contributed by atoms with E-state index >= 15 is 0 Å². The first-order valence-corrected chi connectivity index (χ1v) is 11.1. The molecule has 2 unspecified atom stereocenters. The lowest BCUT2D eigenvalue weighted by molar-refractivity contribution is -0.145. The number of likely N-dealkylation sites (tertiary alicyclic amines) is 1. The van der Waals surface area contributed by atoms with Crippen molar-refractivity contribution in [1.29, 1.82) is 0 Å². The molecule has 3 heterocycles. The van der Waals surface area contributed by atoms with Crippen molar-refractivity contribution >= 4 is 11.7 Å². The molecule has 2 N–H and O–H groups in total. The quantitative estimate of drug-likeness (QED) is 0.580. The topological polar surface area (TPSA) is 121 Å². The predicted molar refractivity (Wildman–Crippen MR) is 110 cm³/mol. The third kappa shape index (κ3) is 3.24. The van der Waals surface area contributed by atoms with Crippen molar-refractivity contribution < 1.29 is 14.3 Å². The number of amides is 1. The molecule has 1 amide bonds. The summed E-state index contributed by atoms with van der Waals surface area (Å²) in [7, 11) is 0. The maximum absolute atomic E-state index is 12.9. The number of nitrogens with zero attached hydrogens (tertiary/aromatic N) is 5. The van der Waals surface area contributed by atoms with Crippen molar-refractivity contribution in [3.8, 4) is 5.88 Å². The van der Waals surface area contributed by atoms with Gasteiger partial charge in [-0.3, -0.25) is 5.84 Å². The fraction of sp³-hybridized carbons (Fsp3) is 0.667. The summed E-state index contributed by atoms with van der Waals surface area (Å²) in [5.41, 5.74) is 0.311. The van der Waals surface area contributed by atoms with Gasteiger partial charge in [-0.25, -0.2) is 14.3 Å². The molecule has 10 nitrogen and oxygen atoms in total. The summed E-state index contributed by atoms with van der Waals surface area (Å²) in [6.07, 6.45) is 8.08. The Morgan fingerprint density at radius 3 is 2.84 bits per heavy atom. The lowest BCUT2D eigenvalue weighted by Crippen LogP contribution is -2.64. The summed E-state index contributed by atoms with van der Waals surface area (Å²) in [6, 6.07) is 3.65. The Bertz CT molecular complexity index is 979. The molecule has 4 aliphatic carbocycles. The smallest absolute Gasteiger partial charge is 0.410 e. The number of imidazole rings is 1. The van der Waals surface area contributed by atoms with Crippen LogP contribution in [-0.4, -0.2) is 61.6 Å². The van der Waals surface area contributed by atoms with Gasteiger partial charge in [0.1, 0.15) is 12.2 Å². The second-order valence-electron chi connectivity index (χ2n) is 9.74. The van der Waals surface area contributed by atoms with Gasteiger partial charge in [-0.15, -0.1) is 5.10 Å². The average Bonchev–Trinajstić information content (AvgIpc) is 3.39. The molecule has 1 aliphatic heterocycles. The molecule has 10 heteroatoms. The fourth-order valence-electron chi connectivity index (χ4n) is 6.61. The molecular weight excluding hydrogens is 400 g/mol. The first-order chi connectivity index (χ1) is 15.0. The Labute approximate surface area is 179 Å². The van der Waals surface area contributed by atoms with E-state index in [1.54, 1.807) is 27.9 Å². The molecule has 31 heavy (non-hydrogen) atoms. The van der Waals surface area contributed by atoms with Gasteiger partial charge < -0.3 is 24.8 Å². The third-order valence-corrected chi connectivity index (χ3v) is 7.78. The number of hydrazine groups is 1. The third-order valence-electron chi connectivity index (χ3n) is 7.78. The first-order valence-electron chi connectivity index (χ1n) is 11.1. The zero-order valence-electron chi connectivity index (χ0n) is 17.3. The van der Waals surface area contributed by atoms with Gasteiger partial charge in [-0.1, -0.05) is 0 Å². The molecule has 0 aromatic carbocycles. The van der Waals surface area contributed by atoms with E-state index in [9.17, 15) is 10.0 Å². The zero-order chi connectivity index (χ0) is 21.2. The maximum atomic E-state index is 12.9. The van der Waals surface area contributed by atoms with Crippen molar-refractivity contribution in [3.05, 3.63) is 29.7 Å². The van der Waals surface area contributed by atoms with Crippen LogP contribution in [0.1, 0.15) is 38.5 Å². The number of carbonyl (C=O) groups excluding carboxylic acids is 1. The molecule has 4 bridgehead atoms. The van der Waals surface area contributed by atoms with Crippen molar-refractivity contribution in [2.75, 3.05) is 13.1 Å². The van der Waals surface area contributed by atoms with Crippen LogP contribution in [0.25, 0.3) is 5.65 Å². The van der Waals surface area contributed by atoms with Crippen LogP contribution in [0, 0.1) is 23.0 Å². The molecular formula is C21H27N6O4-. The Morgan fingerprint density at radius 1 is 1.26 bits per heavy atom. The normalized spacial score (nSPS) is 36.5. The van der Waals surface area contributed by atoms with E-state index in [0.29, 0.717) is 30.1 Å². The van der Waals surface area contributed by atoms with E-state index in [2.05, 4.69) is 10.1 Å². The van der Waals surface area contributed by atoms with Crippen molar-refractivity contribution in [2.24, 2.45) is 23.6 Å². The molecule has 5 aliphatic rings.